The van der Waals surface area contributed by atoms with E-state index >= 15 is 0 Å². The van der Waals surface area contributed by atoms with Gasteiger partial charge in [0.2, 0.25) is 5.88 Å². The first-order valence-corrected chi connectivity index (χ1v) is 6.85. The number of nitrogens with zero attached hydrogens (tertiary/aromatic N) is 2. The molecule has 4 heteroatoms. The van der Waals surface area contributed by atoms with E-state index in [1.165, 1.54) is 10.9 Å². The number of benzene rings is 1. The van der Waals surface area contributed by atoms with Crippen LogP contribution in [0.1, 0.15) is 11.3 Å². The molecular weight excluding hydrogens is 262 g/mol. The van der Waals surface area contributed by atoms with Crippen molar-refractivity contribution in [2.45, 2.75) is 13.5 Å². The van der Waals surface area contributed by atoms with E-state index in [1.54, 1.807) is 13.3 Å². The van der Waals surface area contributed by atoms with Crippen molar-refractivity contribution in [1.82, 2.24) is 9.97 Å². The van der Waals surface area contributed by atoms with E-state index in [2.05, 4.69) is 27.4 Å². The van der Waals surface area contributed by atoms with Gasteiger partial charge in [0.15, 0.2) is 0 Å². The predicted octanol–water partition coefficient (Wildman–Crippen LogP) is 3.56. The molecule has 2 heterocycles. The first kappa shape index (κ1) is 13.4. The van der Waals surface area contributed by atoms with E-state index < -0.39 is 0 Å². The molecule has 0 radical (unpaired) electrons. The number of pyridine rings is 2. The van der Waals surface area contributed by atoms with Gasteiger partial charge < -0.3 is 10.1 Å². The molecule has 0 aliphatic carbocycles. The van der Waals surface area contributed by atoms with E-state index in [9.17, 15) is 0 Å². The van der Waals surface area contributed by atoms with Gasteiger partial charge in [0.1, 0.15) is 0 Å². The molecule has 0 atom stereocenters. The number of hydrogen-bond donors (Lipinski definition) is 1. The lowest BCUT2D eigenvalue weighted by Crippen LogP contribution is -2.02. The largest absolute Gasteiger partial charge is 0.481 e. The zero-order chi connectivity index (χ0) is 14.7. The second kappa shape index (κ2) is 5.79. The summed E-state index contributed by atoms with van der Waals surface area (Å²) in [7, 11) is 1.61. The normalized spacial score (nSPS) is 10.6. The Kier molecular flexibility index (Phi) is 3.69. The summed E-state index contributed by atoms with van der Waals surface area (Å²) < 4.78 is 5.06. The average Bonchev–Trinajstić information content (AvgIpc) is 2.53. The smallest absolute Gasteiger partial charge is 0.213 e. The maximum Gasteiger partial charge on any atom is 0.213 e. The summed E-state index contributed by atoms with van der Waals surface area (Å²) in [6.07, 6.45) is 1.77. The van der Waals surface area contributed by atoms with Gasteiger partial charge in [0.25, 0.3) is 0 Å². The van der Waals surface area contributed by atoms with Crippen LogP contribution in [-0.4, -0.2) is 17.1 Å². The molecule has 0 saturated carbocycles. The van der Waals surface area contributed by atoms with Crippen LogP contribution in [0.2, 0.25) is 0 Å². The van der Waals surface area contributed by atoms with E-state index in [0.717, 1.165) is 23.4 Å². The molecule has 0 bridgehead atoms. The van der Waals surface area contributed by atoms with Gasteiger partial charge in [-0.3, -0.25) is 4.98 Å². The van der Waals surface area contributed by atoms with E-state index in [4.69, 9.17) is 4.74 Å². The van der Waals surface area contributed by atoms with Crippen molar-refractivity contribution in [3.63, 3.8) is 0 Å². The number of nitrogens with one attached hydrogen (secondary N) is 1. The summed E-state index contributed by atoms with van der Waals surface area (Å²) >= 11 is 0. The Labute approximate surface area is 123 Å². The van der Waals surface area contributed by atoms with Crippen LogP contribution < -0.4 is 10.1 Å². The summed E-state index contributed by atoms with van der Waals surface area (Å²) in [5, 5.41) is 4.56. The third-order valence-corrected chi connectivity index (χ3v) is 3.36. The Morgan fingerprint density at radius 3 is 2.76 bits per heavy atom. The number of aromatic nitrogens is 2. The van der Waals surface area contributed by atoms with E-state index in [0.29, 0.717) is 5.88 Å². The quantitative estimate of drug-likeness (QED) is 0.793. The molecule has 1 aromatic carbocycles. The number of methoxy groups -OCH3 is 1. The van der Waals surface area contributed by atoms with E-state index in [1.807, 2.05) is 37.3 Å². The number of rotatable bonds is 4. The van der Waals surface area contributed by atoms with Crippen LogP contribution in [0.3, 0.4) is 0 Å². The Bertz CT molecular complexity index is 754. The summed E-state index contributed by atoms with van der Waals surface area (Å²) in [5.74, 6) is 0.616. The molecule has 3 aromatic rings. The minimum absolute atomic E-state index is 0.616. The average molecular weight is 279 g/mol. The summed E-state index contributed by atoms with van der Waals surface area (Å²) in [6, 6.07) is 14.1. The van der Waals surface area contributed by atoms with E-state index in [-0.39, 0.29) is 0 Å². The van der Waals surface area contributed by atoms with Gasteiger partial charge >= 0.3 is 0 Å². The molecule has 0 saturated heterocycles. The Balaban J connectivity index is 1.84. The summed E-state index contributed by atoms with van der Waals surface area (Å²) in [5.41, 5.74) is 4.25. The van der Waals surface area contributed by atoms with Crippen LogP contribution in [0, 0.1) is 6.92 Å². The highest BCUT2D eigenvalue weighted by Crippen LogP contribution is 2.20. The Morgan fingerprint density at radius 1 is 1.14 bits per heavy atom. The van der Waals surface area contributed by atoms with Crippen molar-refractivity contribution >= 4 is 16.6 Å². The maximum atomic E-state index is 5.06. The minimum atomic E-state index is 0.616. The predicted molar refractivity (Wildman–Crippen MR) is 84.6 cm³/mol. The fourth-order valence-electron chi connectivity index (χ4n) is 2.34. The fraction of sp³-hybridized carbons (Fsp3) is 0.176. The monoisotopic (exact) mass is 279 g/mol. The van der Waals surface area contributed by atoms with Crippen molar-refractivity contribution in [2.75, 3.05) is 12.4 Å². The molecule has 0 amide bonds. The van der Waals surface area contributed by atoms with Gasteiger partial charge in [-0.15, -0.1) is 0 Å². The van der Waals surface area contributed by atoms with Gasteiger partial charge in [-0.05, 0) is 30.7 Å². The van der Waals surface area contributed by atoms with Crippen molar-refractivity contribution < 1.29 is 4.74 Å². The van der Waals surface area contributed by atoms with Gasteiger partial charge in [-0.2, -0.15) is 0 Å². The van der Waals surface area contributed by atoms with Crippen LogP contribution in [0.25, 0.3) is 10.9 Å². The van der Waals surface area contributed by atoms with Crippen molar-refractivity contribution in [2.24, 2.45) is 0 Å². The molecule has 0 unspecified atom stereocenters. The first-order chi connectivity index (χ1) is 10.3. The van der Waals surface area contributed by atoms with Crippen molar-refractivity contribution in [3.05, 3.63) is 59.9 Å². The third kappa shape index (κ3) is 2.94. The minimum Gasteiger partial charge on any atom is -0.481 e. The van der Waals surface area contributed by atoms with Crippen molar-refractivity contribution in [1.29, 1.82) is 0 Å². The van der Waals surface area contributed by atoms with Crippen LogP contribution in [0.15, 0.2) is 48.7 Å². The third-order valence-electron chi connectivity index (χ3n) is 3.36. The molecule has 2 aromatic heterocycles. The molecule has 106 valence electrons. The number of para-hydroxylation sites is 1. The highest BCUT2D eigenvalue weighted by molar-refractivity contribution is 5.82. The molecule has 21 heavy (non-hydrogen) atoms. The lowest BCUT2D eigenvalue weighted by molar-refractivity contribution is 0.398. The highest BCUT2D eigenvalue weighted by Gasteiger charge is 2.04. The number of hydrogen-bond acceptors (Lipinski definition) is 4. The van der Waals surface area contributed by atoms with Gasteiger partial charge in [0.05, 0.1) is 24.5 Å². The second-order valence-corrected chi connectivity index (χ2v) is 4.88. The molecule has 0 aliphatic heterocycles. The van der Waals surface area contributed by atoms with Gasteiger partial charge in [-0.1, -0.05) is 18.2 Å². The number of fused-ring (bicyclic) bond motifs is 1. The molecule has 1 N–H and O–H groups in total. The Hall–Kier alpha value is -2.62. The van der Waals surface area contributed by atoms with Crippen LogP contribution in [-0.2, 0) is 6.54 Å². The van der Waals surface area contributed by atoms with Gasteiger partial charge in [0, 0.05) is 23.7 Å². The Morgan fingerprint density at radius 2 is 2.00 bits per heavy atom. The van der Waals surface area contributed by atoms with Crippen molar-refractivity contribution in [3.8, 4) is 5.88 Å². The SMILES string of the molecule is COc1ccc(NCc2cc(C)nc3ccccc23)cn1. The standard InChI is InChI=1S/C17H17N3O/c1-12-9-13(15-5-3-4-6-16(15)20-12)10-18-14-7-8-17(21-2)19-11-14/h3-9,11,18H,10H2,1-2H3. The lowest BCUT2D eigenvalue weighted by atomic mass is 10.1. The van der Waals surface area contributed by atoms with Gasteiger partial charge in [-0.25, -0.2) is 4.98 Å². The zero-order valence-corrected chi connectivity index (χ0v) is 12.1. The summed E-state index contributed by atoms with van der Waals surface area (Å²) in [6.45, 7) is 2.75. The maximum absolute atomic E-state index is 5.06. The topological polar surface area (TPSA) is 47.0 Å². The van der Waals surface area contributed by atoms with Crippen LogP contribution in [0.5, 0.6) is 5.88 Å². The second-order valence-electron chi connectivity index (χ2n) is 4.88. The number of anilines is 1. The molecule has 0 spiro atoms. The number of ether oxygens (including phenoxy) is 1. The summed E-state index contributed by atoms with van der Waals surface area (Å²) in [4.78, 5) is 8.75. The molecule has 3 rings (SSSR count). The lowest BCUT2D eigenvalue weighted by Gasteiger charge is -2.10. The molecule has 4 nitrogen and oxygen atoms in total. The molecular formula is C17H17N3O. The highest BCUT2D eigenvalue weighted by atomic mass is 16.5. The van der Waals surface area contributed by atoms with Crippen LogP contribution in [0.4, 0.5) is 5.69 Å². The van der Waals surface area contributed by atoms with Crippen LogP contribution >= 0.6 is 0 Å². The number of aryl methyl sites for hydroxylation is 1. The first-order valence-electron chi connectivity index (χ1n) is 6.85. The zero-order valence-electron chi connectivity index (χ0n) is 12.1. The molecule has 0 aliphatic rings. The fourth-order valence-corrected chi connectivity index (χ4v) is 2.34. The molecule has 0 fully saturated rings.